The van der Waals surface area contributed by atoms with Crippen LogP contribution in [0.5, 0.6) is 0 Å². The second-order valence-corrected chi connectivity index (χ2v) is 17.8. The molecule has 38 nitrogen and oxygen atoms in total. The molecule has 0 amide bonds. The highest BCUT2D eigenvalue weighted by Crippen LogP contribution is 2.35. The first-order chi connectivity index (χ1) is 33.9. The Balaban J connectivity index is 0. The first-order valence-corrected chi connectivity index (χ1v) is 25.0. The molecule has 0 aliphatic carbocycles. The van der Waals surface area contributed by atoms with Crippen molar-refractivity contribution in [2.45, 2.75) is 123 Å². The molecule has 0 saturated carbocycles. The standard InChI is InChI=1S/C26H46O33S4.5CH4O/c1-47-19-7(3-49-60(35,36)37)54-24(16(32)11(19)27)58-21-9(5-51-62(41,42)43)56-26(18(34)13(21)29)59-22-10(6-52-63(44,45)46)55-25(17(33)14(22)30)57-20-8(4-50-61(38,39)40)53-23(48-2)15(31)12(20)28;5*1-2/h7-34H,3-6H2,1-2H3,(H,35,36,37)(H,38,39,40)(H,41,42,43)(H,44,45,46);5*2H,1H3/p-4. The molecular formula is C31H62O38S4-4. The van der Waals surface area contributed by atoms with Crippen molar-refractivity contribution in [2.24, 2.45) is 0 Å². The number of hydrogen-bond donors (Lipinski definition) is 13. The van der Waals surface area contributed by atoms with E-state index in [9.17, 15) is 92.7 Å². The molecule has 0 spiro atoms. The molecule has 73 heavy (non-hydrogen) atoms. The second kappa shape index (κ2) is 34.5. The summed E-state index contributed by atoms with van der Waals surface area (Å²) in [4.78, 5) is 0. The lowest BCUT2D eigenvalue weighted by Gasteiger charge is -2.49. The van der Waals surface area contributed by atoms with Crippen LogP contribution in [0.3, 0.4) is 0 Å². The van der Waals surface area contributed by atoms with Crippen LogP contribution in [0.25, 0.3) is 0 Å². The molecule has 0 radical (unpaired) electrons. The quantitative estimate of drug-likeness (QED) is 0.0398. The summed E-state index contributed by atoms with van der Waals surface area (Å²) in [6, 6.07) is 0. The minimum Gasteiger partial charge on any atom is -0.726 e. The highest BCUT2D eigenvalue weighted by atomic mass is 32.3. The molecule has 0 bridgehead atoms. The second-order valence-electron chi connectivity index (χ2n) is 13.6. The van der Waals surface area contributed by atoms with Gasteiger partial charge >= 0.3 is 0 Å². The zero-order valence-corrected chi connectivity index (χ0v) is 42.3. The van der Waals surface area contributed by atoms with Crippen molar-refractivity contribution in [3.63, 3.8) is 0 Å². The van der Waals surface area contributed by atoms with Gasteiger partial charge in [-0.25, -0.2) is 33.7 Å². The molecule has 4 saturated heterocycles. The smallest absolute Gasteiger partial charge is 0.217 e. The fourth-order valence-corrected chi connectivity index (χ4v) is 7.76. The Kier molecular flexibility index (Phi) is 34.8. The van der Waals surface area contributed by atoms with Crippen LogP contribution in [-0.2, 0) is 101 Å². The van der Waals surface area contributed by atoms with E-state index in [2.05, 4.69) is 16.7 Å². The Hall–Kier alpha value is -1.40. The lowest BCUT2D eigenvalue weighted by Crippen LogP contribution is -2.67. The number of aliphatic hydroxyl groups excluding tert-OH is 13. The van der Waals surface area contributed by atoms with E-state index < -0.39 is 191 Å². The van der Waals surface area contributed by atoms with Crippen LogP contribution < -0.4 is 0 Å². The molecular weight excluding hydrogens is 1110 g/mol. The maximum absolute atomic E-state index is 11.4. The number of rotatable bonds is 20. The van der Waals surface area contributed by atoms with Crippen molar-refractivity contribution >= 4 is 41.6 Å². The van der Waals surface area contributed by atoms with Crippen LogP contribution in [0.15, 0.2) is 0 Å². The fourth-order valence-electron chi connectivity index (χ4n) is 6.55. The molecule has 0 aromatic heterocycles. The molecule has 42 heteroatoms. The Morgan fingerprint density at radius 2 is 0.521 bits per heavy atom. The predicted molar refractivity (Wildman–Crippen MR) is 218 cm³/mol. The Bertz CT molecular complexity index is 1930. The SMILES string of the molecule is CO.CO.CO.CO.CO.COC1OC(COS(=O)(=O)[O-])C(OC2OC(COS(=O)(=O)[O-])C(OC3OC(COS(=O)(=O)[O-])C(OC4OC(COS(=O)(=O)[O-])C(OC)C(O)C4O)C(O)C3O)C(O)C2O)C(O)C1O. The molecule has 13 N–H and O–H groups in total. The summed E-state index contributed by atoms with van der Waals surface area (Å²) in [5.41, 5.74) is 0. The molecule has 4 heterocycles. The van der Waals surface area contributed by atoms with Crippen LogP contribution in [0.1, 0.15) is 0 Å². The van der Waals surface area contributed by atoms with E-state index in [0.29, 0.717) is 0 Å². The number of aliphatic hydroxyl groups is 13. The summed E-state index contributed by atoms with van der Waals surface area (Å²) in [5.74, 6) is 0. The average molecular weight is 1170 g/mol. The first-order valence-electron chi connectivity index (χ1n) is 19.7. The lowest BCUT2D eigenvalue weighted by molar-refractivity contribution is -0.387. The van der Waals surface area contributed by atoms with E-state index in [0.717, 1.165) is 49.8 Å². The normalized spacial score (nSPS) is 36.9. The van der Waals surface area contributed by atoms with E-state index in [1.165, 1.54) is 0 Å². The molecule has 4 fully saturated rings. The first kappa shape index (κ1) is 73.7. The van der Waals surface area contributed by atoms with Gasteiger partial charge in [0.1, 0.15) is 97.7 Å². The number of methoxy groups -OCH3 is 2. The third-order valence-corrected chi connectivity index (χ3v) is 11.1. The summed E-state index contributed by atoms with van der Waals surface area (Å²) in [5, 5.41) is 122. The third kappa shape index (κ3) is 23.6. The zero-order chi connectivity index (χ0) is 57.6. The zero-order valence-electron chi connectivity index (χ0n) is 39.0. The van der Waals surface area contributed by atoms with Gasteiger partial charge in [0.05, 0.1) is 26.4 Å². The van der Waals surface area contributed by atoms with Gasteiger partial charge in [-0.3, -0.25) is 16.7 Å². The average Bonchev–Trinajstić information content (AvgIpc) is 3.34. The molecule has 20 atom stereocenters. The molecule has 4 rings (SSSR count). The maximum Gasteiger partial charge on any atom is 0.217 e. The highest BCUT2D eigenvalue weighted by Gasteiger charge is 2.56. The van der Waals surface area contributed by atoms with Gasteiger partial charge in [-0.2, -0.15) is 0 Å². The van der Waals surface area contributed by atoms with Gasteiger partial charge in [0.2, 0.25) is 41.6 Å². The van der Waals surface area contributed by atoms with Crippen LogP contribution in [0.2, 0.25) is 0 Å². The molecule has 4 aliphatic heterocycles. The van der Waals surface area contributed by atoms with Crippen LogP contribution in [-0.4, -0.2) is 317 Å². The fraction of sp³-hybridized carbons (Fsp3) is 1.00. The minimum absolute atomic E-state index is 0.963. The predicted octanol–water partition coefficient (Wildman–Crippen LogP) is -12.5. The Morgan fingerprint density at radius 3 is 0.726 bits per heavy atom. The van der Waals surface area contributed by atoms with E-state index in [1.54, 1.807) is 0 Å². The summed E-state index contributed by atoms with van der Waals surface area (Å²) >= 11 is 0. The highest BCUT2D eigenvalue weighted by molar-refractivity contribution is 7.81. The van der Waals surface area contributed by atoms with E-state index >= 15 is 0 Å². The van der Waals surface area contributed by atoms with Crippen molar-refractivity contribution in [3.8, 4) is 0 Å². The van der Waals surface area contributed by atoms with Crippen molar-refractivity contribution in [2.75, 3.05) is 76.2 Å². The number of ether oxygens (including phenoxy) is 9. The summed E-state index contributed by atoms with van der Waals surface area (Å²) in [6.07, 6.45) is -43.2. The summed E-state index contributed by atoms with van der Waals surface area (Å²) < 4.78 is 199. The molecule has 0 aromatic rings. The third-order valence-electron chi connectivity index (χ3n) is 9.45. The van der Waals surface area contributed by atoms with Gasteiger partial charge in [-0.05, 0) is 0 Å². The molecule has 20 unspecified atom stereocenters. The largest absolute Gasteiger partial charge is 0.726 e. The van der Waals surface area contributed by atoms with Gasteiger partial charge in [-0.1, -0.05) is 0 Å². The van der Waals surface area contributed by atoms with Gasteiger partial charge in [0.25, 0.3) is 0 Å². The van der Waals surface area contributed by atoms with Gasteiger partial charge in [-0.15, -0.1) is 0 Å². The minimum atomic E-state index is -5.64. The van der Waals surface area contributed by atoms with E-state index in [4.69, 9.17) is 68.2 Å². The van der Waals surface area contributed by atoms with Crippen LogP contribution in [0, 0.1) is 0 Å². The maximum atomic E-state index is 11.4. The molecule has 0 aromatic carbocycles. The van der Waals surface area contributed by atoms with Crippen LogP contribution >= 0.6 is 0 Å². The van der Waals surface area contributed by atoms with Crippen molar-refractivity contribution in [3.05, 3.63) is 0 Å². The summed E-state index contributed by atoms with van der Waals surface area (Å²) in [6.45, 7) is -5.30. The Labute approximate surface area is 417 Å². The van der Waals surface area contributed by atoms with Gasteiger partial charge in [0, 0.05) is 49.8 Å². The van der Waals surface area contributed by atoms with Crippen molar-refractivity contribution in [1.82, 2.24) is 0 Å². The van der Waals surface area contributed by atoms with Crippen molar-refractivity contribution in [1.29, 1.82) is 0 Å². The van der Waals surface area contributed by atoms with Gasteiger partial charge < -0.3 is 127 Å². The van der Waals surface area contributed by atoms with Gasteiger partial charge in [0.15, 0.2) is 25.2 Å². The lowest BCUT2D eigenvalue weighted by atomic mass is 9.95. The molecule has 442 valence electrons. The number of hydrogen-bond acceptors (Lipinski definition) is 38. The Morgan fingerprint density at radius 1 is 0.329 bits per heavy atom. The monoisotopic (exact) mass is 1170 g/mol. The summed E-state index contributed by atoms with van der Waals surface area (Å²) in [7, 11) is -15.2. The van der Waals surface area contributed by atoms with Crippen LogP contribution in [0.4, 0.5) is 0 Å². The van der Waals surface area contributed by atoms with Crippen molar-refractivity contribution < 1.29 is 178 Å². The topological polar surface area (TPSA) is 612 Å². The van der Waals surface area contributed by atoms with E-state index in [-0.39, 0.29) is 0 Å². The molecule has 4 aliphatic rings. The van der Waals surface area contributed by atoms with E-state index in [1.807, 2.05) is 0 Å².